The van der Waals surface area contributed by atoms with Crippen LogP contribution >= 0.6 is 15.6 Å². The lowest BCUT2D eigenvalue weighted by atomic mass is 10.00. The predicted octanol–water partition coefficient (Wildman–Crippen LogP) is 25.8. The number of ether oxygens (including phenoxy) is 4. The Hall–Kier alpha value is -1.94. The van der Waals surface area contributed by atoms with Crippen LogP contribution in [0.5, 0.6) is 0 Å². The number of unbranched alkanes of at least 4 members (excludes halogenated alkanes) is 53. The van der Waals surface area contributed by atoms with Crippen LogP contribution in [0.3, 0.4) is 0 Å². The van der Waals surface area contributed by atoms with Crippen molar-refractivity contribution in [2.75, 3.05) is 39.6 Å². The quantitative estimate of drug-likeness (QED) is 0.0222. The van der Waals surface area contributed by atoms with Gasteiger partial charge in [0.15, 0.2) is 12.2 Å². The number of hydrogen-bond donors (Lipinski definition) is 3. The van der Waals surface area contributed by atoms with Gasteiger partial charge in [-0.05, 0) is 37.5 Å². The van der Waals surface area contributed by atoms with Crippen LogP contribution in [0.2, 0.25) is 0 Å². The normalized spacial score (nSPS) is 14.1. The molecule has 3 N–H and O–H groups in total. The maximum atomic E-state index is 13.1. The molecule has 0 heterocycles. The molecule has 104 heavy (non-hydrogen) atoms. The van der Waals surface area contributed by atoms with Crippen molar-refractivity contribution in [1.82, 2.24) is 0 Å². The monoisotopic (exact) mass is 1520 g/mol. The number of hydrogen-bond acceptors (Lipinski definition) is 15. The molecular weight excluding hydrogens is 1350 g/mol. The third-order valence-corrected chi connectivity index (χ3v) is 22.2. The van der Waals surface area contributed by atoms with E-state index in [1.807, 2.05) is 0 Å². The SMILES string of the molecule is CCCCCCCCCCCCCCCCCCCCCCC(=O)OC[C@H](COP(=O)(O)OC[C@@H](O)COP(=O)(O)OC[C@@H](COC(=O)CCCCCCCCC(C)CC)OC(=O)CCCCCCCCCCCCCC(C)C)OC(=O)CCCCCCCCCCCCCCCCCCCCCC. The minimum absolute atomic E-state index is 0.106. The summed E-state index contributed by atoms with van der Waals surface area (Å²) < 4.78 is 68.8. The van der Waals surface area contributed by atoms with Gasteiger partial charge in [0, 0.05) is 25.7 Å². The molecule has 0 saturated heterocycles. The summed E-state index contributed by atoms with van der Waals surface area (Å²) in [6.07, 6.45) is 68.2. The molecule has 19 heteroatoms. The Morgan fingerprint density at radius 2 is 0.490 bits per heavy atom. The molecule has 0 amide bonds. The molecule has 6 atom stereocenters. The van der Waals surface area contributed by atoms with E-state index in [-0.39, 0.29) is 25.7 Å². The largest absolute Gasteiger partial charge is 0.472 e. The zero-order valence-electron chi connectivity index (χ0n) is 68.3. The minimum atomic E-state index is -4.97. The fourth-order valence-corrected chi connectivity index (χ4v) is 14.8. The Bertz CT molecular complexity index is 2000. The Labute approximate surface area is 638 Å². The molecule has 0 aromatic heterocycles. The van der Waals surface area contributed by atoms with Crippen molar-refractivity contribution < 1.29 is 80.2 Å². The Balaban J connectivity index is 5.22. The second kappa shape index (κ2) is 76.4. The van der Waals surface area contributed by atoms with Gasteiger partial charge in [0.1, 0.15) is 19.3 Å². The van der Waals surface area contributed by atoms with E-state index in [1.54, 1.807) is 0 Å². The molecule has 0 aliphatic rings. The number of esters is 4. The fourth-order valence-electron chi connectivity index (χ4n) is 13.2. The minimum Gasteiger partial charge on any atom is -0.462 e. The molecule has 0 spiro atoms. The summed E-state index contributed by atoms with van der Waals surface area (Å²) in [6.45, 7) is 9.62. The van der Waals surface area contributed by atoms with Crippen molar-refractivity contribution in [2.24, 2.45) is 11.8 Å². The molecular formula is C85H166O17P2. The molecule has 17 nitrogen and oxygen atoms in total. The van der Waals surface area contributed by atoms with Gasteiger partial charge < -0.3 is 33.8 Å². The van der Waals surface area contributed by atoms with Gasteiger partial charge in [-0.15, -0.1) is 0 Å². The van der Waals surface area contributed by atoms with E-state index < -0.39 is 97.5 Å². The average Bonchev–Trinajstić information content (AvgIpc) is 0.920. The highest BCUT2D eigenvalue weighted by molar-refractivity contribution is 7.47. The maximum absolute atomic E-state index is 13.1. The number of carbonyl (C=O) groups is 4. The summed E-state index contributed by atoms with van der Waals surface area (Å²) in [5, 5.41) is 10.7. The Kier molecular flexibility index (Phi) is 75.0. The standard InChI is InChI=1S/C85H166O17P2/c1-7-10-12-14-16-18-20-22-24-26-28-30-32-34-36-40-44-48-55-61-67-82(87)95-73-80(101-84(89)69-63-57-49-45-41-37-35-33-31-29-27-25-23-21-19-17-15-13-11-8-2)75-99-103(91,92)97-71-79(86)72-98-104(93,94)100-76-81(74-96-83(88)68-62-56-52-51-54-60-66-78(6)9-3)102-85(90)70-64-58-50-46-42-38-39-43-47-53-59-65-77(4)5/h77-81,86H,7-76H2,1-6H3,(H,91,92)(H,93,94)/t78?,79-,80-,81-/m1/s1. The summed E-state index contributed by atoms with van der Waals surface area (Å²) in [6, 6.07) is 0. The van der Waals surface area contributed by atoms with Gasteiger partial charge in [0.2, 0.25) is 0 Å². The van der Waals surface area contributed by atoms with Crippen LogP contribution in [-0.4, -0.2) is 96.7 Å². The lowest BCUT2D eigenvalue weighted by Crippen LogP contribution is -2.30. The zero-order chi connectivity index (χ0) is 76.4. The first-order valence-corrected chi connectivity index (χ1v) is 47.0. The summed E-state index contributed by atoms with van der Waals surface area (Å²) in [5.74, 6) is -0.610. The van der Waals surface area contributed by atoms with Crippen LogP contribution in [0.1, 0.15) is 452 Å². The lowest BCUT2D eigenvalue weighted by Gasteiger charge is -2.21. The molecule has 0 rings (SSSR count). The summed E-state index contributed by atoms with van der Waals surface area (Å²) in [7, 11) is -9.93. The lowest BCUT2D eigenvalue weighted by molar-refractivity contribution is -0.161. The van der Waals surface area contributed by atoms with Gasteiger partial charge in [-0.25, -0.2) is 9.13 Å². The summed E-state index contributed by atoms with van der Waals surface area (Å²) in [4.78, 5) is 73.2. The molecule has 0 aromatic rings. The van der Waals surface area contributed by atoms with Crippen molar-refractivity contribution in [3.63, 3.8) is 0 Å². The highest BCUT2D eigenvalue weighted by atomic mass is 31.2. The van der Waals surface area contributed by atoms with Gasteiger partial charge in [0.25, 0.3) is 0 Å². The number of phosphoric ester groups is 2. The number of aliphatic hydroxyl groups excluding tert-OH is 1. The highest BCUT2D eigenvalue weighted by Crippen LogP contribution is 2.45. The third-order valence-electron chi connectivity index (χ3n) is 20.3. The Morgan fingerprint density at radius 3 is 0.731 bits per heavy atom. The van der Waals surface area contributed by atoms with Gasteiger partial charge in [-0.2, -0.15) is 0 Å². The van der Waals surface area contributed by atoms with Crippen LogP contribution in [-0.2, 0) is 65.4 Å². The zero-order valence-corrected chi connectivity index (χ0v) is 70.1. The average molecular weight is 1520 g/mol. The highest BCUT2D eigenvalue weighted by Gasteiger charge is 2.30. The van der Waals surface area contributed by atoms with Gasteiger partial charge >= 0.3 is 39.5 Å². The second-order valence-electron chi connectivity index (χ2n) is 31.3. The number of aliphatic hydroxyl groups is 1. The second-order valence-corrected chi connectivity index (χ2v) is 34.2. The van der Waals surface area contributed by atoms with Gasteiger partial charge in [0.05, 0.1) is 26.4 Å². The maximum Gasteiger partial charge on any atom is 0.472 e. The summed E-state index contributed by atoms with van der Waals surface area (Å²) in [5.41, 5.74) is 0. The third kappa shape index (κ3) is 76.8. The number of phosphoric acid groups is 2. The molecule has 0 saturated carbocycles. The van der Waals surface area contributed by atoms with Crippen molar-refractivity contribution in [1.29, 1.82) is 0 Å². The molecule has 618 valence electrons. The first-order valence-electron chi connectivity index (χ1n) is 44.0. The number of rotatable bonds is 84. The van der Waals surface area contributed by atoms with E-state index in [4.69, 9.17) is 37.0 Å². The molecule has 0 aliphatic carbocycles. The summed E-state index contributed by atoms with van der Waals surface area (Å²) >= 11 is 0. The van der Waals surface area contributed by atoms with E-state index >= 15 is 0 Å². The fraction of sp³-hybridized carbons (Fsp3) is 0.953. The molecule has 0 radical (unpaired) electrons. The van der Waals surface area contributed by atoms with Gasteiger partial charge in [-0.3, -0.25) is 37.3 Å². The van der Waals surface area contributed by atoms with Crippen LogP contribution in [0, 0.1) is 11.8 Å². The molecule has 0 aliphatic heterocycles. The van der Waals surface area contributed by atoms with Crippen molar-refractivity contribution >= 4 is 39.5 Å². The predicted molar refractivity (Wildman–Crippen MR) is 428 cm³/mol. The van der Waals surface area contributed by atoms with E-state index in [9.17, 15) is 43.2 Å². The first kappa shape index (κ1) is 102. The molecule has 0 bridgehead atoms. The van der Waals surface area contributed by atoms with Crippen LogP contribution in [0.4, 0.5) is 0 Å². The van der Waals surface area contributed by atoms with E-state index in [0.29, 0.717) is 25.7 Å². The molecule has 0 aromatic carbocycles. The van der Waals surface area contributed by atoms with Gasteiger partial charge in [-0.1, -0.05) is 401 Å². The smallest absolute Gasteiger partial charge is 0.462 e. The molecule has 0 fully saturated rings. The Morgan fingerprint density at radius 1 is 0.279 bits per heavy atom. The van der Waals surface area contributed by atoms with Crippen LogP contribution in [0.25, 0.3) is 0 Å². The number of carbonyl (C=O) groups excluding carboxylic acids is 4. The first-order chi connectivity index (χ1) is 50.4. The van der Waals surface area contributed by atoms with E-state index in [1.165, 1.54) is 263 Å². The van der Waals surface area contributed by atoms with Crippen molar-refractivity contribution in [3.8, 4) is 0 Å². The van der Waals surface area contributed by atoms with Crippen molar-refractivity contribution in [2.45, 2.75) is 471 Å². The van der Waals surface area contributed by atoms with Crippen molar-refractivity contribution in [3.05, 3.63) is 0 Å². The van der Waals surface area contributed by atoms with Crippen LogP contribution in [0.15, 0.2) is 0 Å². The topological polar surface area (TPSA) is 237 Å². The van der Waals surface area contributed by atoms with Crippen LogP contribution < -0.4 is 0 Å². The molecule has 3 unspecified atom stereocenters. The van der Waals surface area contributed by atoms with E-state index in [0.717, 1.165) is 108 Å². The van der Waals surface area contributed by atoms with E-state index in [2.05, 4.69) is 41.5 Å².